The molecule has 0 radical (unpaired) electrons. The minimum atomic E-state index is -3.57. The van der Waals surface area contributed by atoms with Gasteiger partial charge in [0.15, 0.2) is 11.3 Å². The molecule has 1 aromatic heterocycles. The van der Waals surface area contributed by atoms with Crippen molar-refractivity contribution in [3.63, 3.8) is 0 Å². The maximum atomic E-state index is 11.2. The maximum absolute atomic E-state index is 11.2. The molecule has 0 spiro atoms. The van der Waals surface area contributed by atoms with Crippen LogP contribution in [0.3, 0.4) is 0 Å². The van der Waals surface area contributed by atoms with Gasteiger partial charge in [0.2, 0.25) is 0 Å². The molecule has 2 aromatic carbocycles. The first-order valence-corrected chi connectivity index (χ1v) is 7.16. The lowest BCUT2D eigenvalue weighted by atomic mass is 10.1. The summed E-state index contributed by atoms with van der Waals surface area (Å²) in [6, 6.07) is 12.7. The molecule has 0 N–H and O–H groups in total. The Morgan fingerprint density at radius 2 is 1.72 bits per heavy atom. The zero-order chi connectivity index (χ0) is 12.8. The Morgan fingerprint density at radius 3 is 2.50 bits per heavy atom. The second kappa shape index (κ2) is 3.74. The van der Waals surface area contributed by atoms with Crippen LogP contribution in [0.5, 0.6) is 5.75 Å². The topological polar surface area (TPSA) is 56.5 Å². The zero-order valence-corrected chi connectivity index (χ0v) is 10.4. The van der Waals surface area contributed by atoms with E-state index in [9.17, 15) is 8.42 Å². The number of hydrogen-bond donors (Lipinski definition) is 0. The van der Waals surface area contributed by atoms with Gasteiger partial charge in [0.1, 0.15) is 5.58 Å². The molecule has 18 heavy (non-hydrogen) atoms. The van der Waals surface area contributed by atoms with Gasteiger partial charge >= 0.3 is 10.1 Å². The van der Waals surface area contributed by atoms with Crippen molar-refractivity contribution in [2.24, 2.45) is 0 Å². The van der Waals surface area contributed by atoms with Crippen LogP contribution in [-0.2, 0) is 10.1 Å². The Bertz CT molecular complexity index is 830. The summed E-state index contributed by atoms with van der Waals surface area (Å²) in [4.78, 5) is 0. The molecule has 0 saturated heterocycles. The van der Waals surface area contributed by atoms with Gasteiger partial charge in [-0.15, -0.1) is 0 Å². The molecule has 0 saturated carbocycles. The fraction of sp³-hybridized carbons (Fsp3) is 0.0769. The highest BCUT2D eigenvalue weighted by atomic mass is 32.2. The first-order valence-electron chi connectivity index (χ1n) is 5.34. The predicted molar refractivity (Wildman–Crippen MR) is 69.2 cm³/mol. The standard InChI is InChI=1S/C13H10O4S/c1-18(14,15)17-12-8-4-6-10-9-5-2-3-7-11(9)16-13(10)12/h2-8H,1H3. The summed E-state index contributed by atoms with van der Waals surface area (Å²) in [5.74, 6) is 0.214. The highest BCUT2D eigenvalue weighted by Crippen LogP contribution is 2.34. The third kappa shape index (κ3) is 1.82. The lowest BCUT2D eigenvalue weighted by Crippen LogP contribution is -2.05. The van der Waals surface area contributed by atoms with Crippen molar-refractivity contribution in [3.8, 4) is 5.75 Å². The molecular formula is C13H10O4S. The van der Waals surface area contributed by atoms with Crippen molar-refractivity contribution in [1.29, 1.82) is 0 Å². The third-order valence-electron chi connectivity index (χ3n) is 2.61. The Morgan fingerprint density at radius 1 is 1.00 bits per heavy atom. The molecule has 4 nitrogen and oxygen atoms in total. The van der Waals surface area contributed by atoms with Crippen molar-refractivity contribution in [2.75, 3.05) is 6.26 Å². The van der Waals surface area contributed by atoms with Crippen molar-refractivity contribution < 1.29 is 17.0 Å². The van der Waals surface area contributed by atoms with Crippen LogP contribution in [0.2, 0.25) is 0 Å². The molecule has 0 amide bonds. The number of furan rings is 1. The van der Waals surface area contributed by atoms with Gasteiger partial charge in [0, 0.05) is 10.8 Å². The normalized spacial score (nSPS) is 12.1. The smallest absolute Gasteiger partial charge is 0.306 e. The minimum Gasteiger partial charge on any atom is -0.452 e. The van der Waals surface area contributed by atoms with Gasteiger partial charge in [0.05, 0.1) is 6.26 Å². The molecular weight excluding hydrogens is 252 g/mol. The van der Waals surface area contributed by atoms with Crippen LogP contribution in [0, 0.1) is 0 Å². The lowest BCUT2D eigenvalue weighted by Gasteiger charge is -2.02. The summed E-state index contributed by atoms with van der Waals surface area (Å²) in [5.41, 5.74) is 1.15. The molecule has 0 aliphatic heterocycles. The summed E-state index contributed by atoms with van der Waals surface area (Å²) in [6.07, 6.45) is 1.01. The molecule has 0 fully saturated rings. The number of para-hydroxylation sites is 2. The van der Waals surface area contributed by atoms with Gasteiger partial charge in [-0.25, -0.2) is 0 Å². The first kappa shape index (κ1) is 11.1. The van der Waals surface area contributed by atoms with Crippen molar-refractivity contribution in [2.45, 2.75) is 0 Å². The molecule has 92 valence electrons. The van der Waals surface area contributed by atoms with E-state index in [0.29, 0.717) is 11.2 Å². The van der Waals surface area contributed by atoms with Crippen LogP contribution >= 0.6 is 0 Å². The Balaban J connectivity index is 2.34. The SMILES string of the molecule is CS(=O)(=O)Oc1cccc2c1oc1ccccc12. The monoisotopic (exact) mass is 262 g/mol. The molecule has 0 bridgehead atoms. The molecule has 5 heteroatoms. The van der Waals surface area contributed by atoms with Crippen LogP contribution in [0.25, 0.3) is 21.9 Å². The second-order valence-electron chi connectivity index (χ2n) is 4.02. The van der Waals surface area contributed by atoms with E-state index >= 15 is 0 Å². The van der Waals surface area contributed by atoms with Gasteiger partial charge in [-0.2, -0.15) is 8.42 Å². The highest BCUT2D eigenvalue weighted by Gasteiger charge is 2.14. The second-order valence-corrected chi connectivity index (χ2v) is 5.59. The minimum absolute atomic E-state index is 0.214. The van der Waals surface area contributed by atoms with E-state index in [1.807, 2.05) is 30.3 Å². The maximum Gasteiger partial charge on any atom is 0.306 e. The quantitative estimate of drug-likeness (QED) is 0.666. The van der Waals surface area contributed by atoms with Gasteiger partial charge in [-0.3, -0.25) is 0 Å². The molecule has 1 heterocycles. The fourth-order valence-corrected chi connectivity index (χ4v) is 2.41. The average molecular weight is 262 g/mol. The van der Waals surface area contributed by atoms with Crippen LogP contribution in [-0.4, -0.2) is 14.7 Å². The summed E-state index contributed by atoms with van der Waals surface area (Å²) >= 11 is 0. The van der Waals surface area contributed by atoms with E-state index < -0.39 is 10.1 Å². The van der Waals surface area contributed by atoms with Crippen LogP contribution < -0.4 is 4.18 Å². The van der Waals surface area contributed by atoms with E-state index in [4.69, 9.17) is 8.60 Å². The molecule has 0 aliphatic carbocycles. The summed E-state index contributed by atoms with van der Waals surface area (Å²) < 4.78 is 33.0. The number of rotatable bonds is 2. The van der Waals surface area contributed by atoms with E-state index in [2.05, 4.69) is 0 Å². The van der Waals surface area contributed by atoms with Crippen LogP contribution in [0.15, 0.2) is 46.9 Å². The lowest BCUT2D eigenvalue weighted by molar-refractivity contribution is 0.489. The highest BCUT2D eigenvalue weighted by molar-refractivity contribution is 7.86. The first-order chi connectivity index (χ1) is 8.54. The van der Waals surface area contributed by atoms with E-state index in [1.165, 1.54) is 0 Å². The van der Waals surface area contributed by atoms with Crippen molar-refractivity contribution in [3.05, 3.63) is 42.5 Å². The van der Waals surface area contributed by atoms with E-state index in [-0.39, 0.29) is 5.75 Å². The Labute approximate surface area is 104 Å². The summed E-state index contributed by atoms with van der Waals surface area (Å²) in [7, 11) is -3.57. The summed E-state index contributed by atoms with van der Waals surface area (Å²) in [6.45, 7) is 0. The average Bonchev–Trinajstić information content (AvgIpc) is 2.67. The molecule has 3 rings (SSSR count). The number of hydrogen-bond acceptors (Lipinski definition) is 4. The Hall–Kier alpha value is -2.01. The summed E-state index contributed by atoms with van der Waals surface area (Å²) in [5, 5.41) is 1.78. The van der Waals surface area contributed by atoms with E-state index in [1.54, 1.807) is 12.1 Å². The van der Waals surface area contributed by atoms with Gasteiger partial charge in [-0.05, 0) is 12.1 Å². The Kier molecular flexibility index (Phi) is 2.31. The van der Waals surface area contributed by atoms with Gasteiger partial charge < -0.3 is 8.60 Å². The number of benzene rings is 2. The van der Waals surface area contributed by atoms with E-state index in [0.717, 1.165) is 17.0 Å². The molecule has 3 aromatic rings. The molecule has 0 unspecified atom stereocenters. The molecule has 0 aliphatic rings. The van der Waals surface area contributed by atoms with Crippen LogP contribution in [0.1, 0.15) is 0 Å². The zero-order valence-electron chi connectivity index (χ0n) is 9.58. The molecule has 0 atom stereocenters. The van der Waals surface area contributed by atoms with Crippen molar-refractivity contribution >= 4 is 32.1 Å². The third-order valence-corrected chi connectivity index (χ3v) is 3.09. The van der Waals surface area contributed by atoms with Gasteiger partial charge in [-0.1, -0.05) is 30.3 Å². The van der Waals surface area contributed by atoms with Gasteiger partial charge in [0.25, 0.3) is 0 Å². The predicted octanol–water partition coefficient (Wildman–Crippen LogP) is 2.92. The number of fused-ring (bicyclic) bond motifs is 3. The fourth-order valence-electron chi connectivity index (χ4n) is 1.95. The largest absolute Gasteiger partial charge is 0.452 e. The van der Waals surface area contributed by atoms with Crippen LogP contribution in [0.4, 0.5) is 0 Å². The van der Waals surface area contributed by atoms with Crippen molar-refractivity contribution in [1.82, 2.24) is 0 Å².